The van der Waals surface area contributed by atoms with Gasteiger partial charge >= 0.3 is 0 Å². The van der Waals surface area contributed by atoms with Crippen LogP contribution < -0.4 is 11.1 Å². The Morgan fingerprint density at radius 2 is 2.25 bits per heavy atom. The Morgan fingerprint density at radius 1 is 1.50 bits per heavy atom. The van der Waals surface area contributed by atoms with Crippen LogP contribution in [0, 0.1) is 5.41 Å². The third kappa shape index (κ3) is 1.82. The Labute approximate surface area is 95.4 Å². The predicted molar refractivity (Wildman–Crippen MR) is 63.1 cm³/mol. The summed E-state index contributed by atoms with van der Waals surface area (Å²) in [4.78, 5) is 8.18. The summed E-state index contributed by atoms with van der Waals surface area (Å²) < 4.78 is 5.39. The second-order valence-electron chi connectivity index (χ2n) is 4.81. The second-order valence-corrected chi connectivity index (χ2v) is 4.81. The van der Waals surface area contributed by atoms with Crippen molar-refractivity contribution in [1.82, 2.24) is 9.97 Å². The molecule has 3 N–H and O–H groups in total. The van der Waals surface area contributed by atoms with E-state index in [1.807, 2.05) is 0 Å². The average molecular weight is 222 g/mol. The topological polar surface area (TPSA) is 73.1 Å². The normalized spacial score (nSPS) is 27.2. The lowest BCUT2D eigenvalue weighted by Crippen LogP contribution is -2.57. The van der Waals surface area contributed by atoms with Gasteiger partial charge in [-0.15, -0.1) is 0 Å². The fraction of sp³-hybridized carbons (Fsp3) is 0.636. The highest BCUT2D eigenvalue weighted by Crippen LogP contribution is 2.43. The average Bonchev–Trinajstić information content (AvgIpc) is 2.23. The zero-order chi connectivity index (χ0) is 11.8. The largest absolute Gasteiger partial charge is 0.382 e. The molecule has 2 rings (SSSR count). The van der Waals surface area contributed by atoms with Crippen LogP contribution in [0.1, 0.15) is 20.3 Å². The van der Waals surface area contributed by atoms with Gasteiger partial charge in [-0.2, -0.15) is 0 Å². The summed E-state index contributed by atoms with van der Waals surface area (Å²) in [6.07, 6.45) is 4.51. The molecule has 1 aliphatic rings. The summed E-state index contributed by atoms with van der Waals surface area (Å²) in [5, 5.41) is 3.34. The van der Waals surface area contributed by atoms with Gasteiger partial charge in [-0.1, -0.05) is 13.8 Å². The maximum Gasteiger partial charge on any atom is 0.147 e. The number of anilines is 2. The van der Waals surface area contributed by atoms with E-state index in [-0.39, 0.29) is 5.41 Å². The van der Waals surface area contributed by atoms with Gasteiger partial charge in [0.05, 0.1) is 18.5 Å². The van der Waals surface area contributed by atoms with Crippen LogP contribution in [-0.4, -0.2) is 29.2 Å². The van der Waals surface area contributed by atoms with Crippen molar-refractivity contribution >= 4 is 11.6 Å². The quantitative estimate of drug-likeness (QED) is 0.806. The summed E-state index contributed by atoms with van der Waals surface area (Å²) in [5.74, 6) is 1.16. The molecule has 0 spiro atoms. The van der Waals surface area contributed by atoms with E-state index in [0.29, 0.717) is 18.0 Å². The molecule has 1 heterocycles. The molecular formula is C11H18N4O. The summed E-state index contributed by atoms with van der Waals surface area (Å²) in [7, 11) is 1.75. The molecule has 0 saturated heterocycles. The molecular weight excluding hydrogens is 204 g/mol. The number of hydrogen-bond donors (Lipinski definition) is 2. The number of nitrogen functional groups attached to an aromatic ring is 1. The lowest BCUT2D eigenvalue weighted by Gasteiger charge is -2.51. The molecule has 1 saturated carbocycles. The molecule has 5 nitrogen and oxygen atoms in total. The van der Waals surface area contributed by atoms with Gasteiger partial charge in [-0.05, 0) is 6.42 Å². The lowest BCUT2D eigenvalue weighted by atomic mass is 9.64. The van der Waals surface area contributed by atoms with Crippen molar-refractivity contribution < 1.29 is 4.74 Å². The van der Waals surface area contributed by atoms with E-state index >= 15 is 0 Å². The Hall–Kier alpha value is -1.36. The monoisotopic (exact) mass is 222 g/mol. The van der Waals surface area contributed by atoms with Crippen molar-refractivity contribution in [3.05, 3.63) is 12.4 Å². The van der Waals surface area contributed by atoms with Gasteiger partial charge in [0.1, 0.15) is 11.6 Å². The van der Waals surface area contributed by atoms with E-state index in [2.05, 4.69) is 29.1 Å². The van der Waals surface area contributed by atoms with Gasteiger partial charge in [-0.25, -0.2) is 4.98 Å². The first-order chi connectivity index (χ1) is 7.54. The van der Waals surface area contributed by atoms with Gasteiger partial charge in [0, 0.05) is 18.6 Å². The van der Waals surface area contributed by atoms with Crippen LogP contribution >= 0.6 is 0 Å². The number of methoxy groups -OCH3 is 1. The maximum absolute atomic E-state index is 5.58. The Morgan fingerprint density at radius 3 is 2.81 bits per heavy atom. The van der Waals surface area contributed by atoms with E-state index in [4.69, 9.17) is 10.5 Å². The van der Waals surface area contributed by atoms with Crippen molar-refractivity contribution in [3.8, 4) is 0 Å². The first kappa shape index (κ1) is 11.1. The molecule has 16 heavy (non-hydrogen) atoms. The molecule has 1 aliphatic carbocycles. The zero-order valence-corrected chi connectivity index (χ0v) is 9.90. The first-order valence-electron chi connectivity index (χ1n) is 5.41. The molecule has 0 amide bonds. The van der Waals surface area contributed by atoms with E-state index < -0.39 is 0 Å². The van der Waals surface area contributed by atoms with Gasteiger partial charge in [0.15, 0.2) is 0 Å². The summed E-state index contributed by atoms with van der Waals surface area (Å²) in [5.41, 5.74) is 5.69. The molecule has 0 bridgehead atoms. The Kier molecular flexibility index (Phi) is 2.71. The SMILES string of the molecule is COC1CC(Nc2cncc(N)n2)C1(C)C. The highest BCUT2D eigenvalue weighted by atomic mass is 16.5. The Balaban J connectivity index is 2.02. The standard InChI is InChI=1S/C11H18N4O/c1-11(2)7(4-8(11)16-3)14-10-6-13-5-9(12)15-10/h5-8H,4H2,1-3H3,(H3,12,14,15). The molecule has 1 aromatic rings. The van der Waals surface area contributed by atoms with Crippen LogP contribution in [-0.2, 0) is 4.74 Å². The fourth-order valence-corrected chi connectivity index (χ4v) is 2.16. The van der Waals surface area contributed by atoms with Gasteiger partial charge < -0.3 is 15.8 Å². The fourth-order valence-electron chi connectivity index (χ4n) is 2.16. The minimum Gasteiger partial charge on any atom is -0.382 e. The van der Waals surface area contributed by atoms with Gasteiger partial charge in [-0.3, -0.25) is 4.98 Å². The third-order valence-electron chi connectivity index (χ3n) is 3.44. The molecule has 88 valence electrons. The number of nitrogens with two attached hydrogens (primary N) is 1. The van der Waals surface area contributed by atoms with Crippen LogP contribution in [0.15, 0.2) is 12.4 Å². The highest BCUT2D eigenvalue weighted by molar-refractivity contribution is 5.40. The van der Waals surface area contributed by atoms with Crippen molar-refractivity contribution in [2.75, 3.05) is 18.2 Å². The molecule has 2 unspecified atom stereocenters. The summed E-state index contributed by atoms with van der Waals surface area (Å²) in [6.45, 7) is 4.37. The van der Waals surface area contributed by atoms with Crippen molar-refractivity contribution in [1.29, 1.82) is 0 Å². The predicted octanol–water partition coefficient (Wildman–Crippen LogP) is 1.28. The van der Waals surface area contributed by atoms with E-state index in [1.54, 1.807) is 13.3 Å². The first-order valence-corrected chi connectivity index (χ1v) is 5.41. The number of aromatic nitrogens is 2. The highest BCUT2D eigenvalue weighted by Gasteiger charge is 2.48. The van der Waals surface area contributed by atoms with Gasteiger partial charge in [0.25, 0.3) is 0 Å². The van der Waals surface area contributed by atoms with Crippen LogP contribution in [0.25, 0.3) is 0 Å². The minimum atomic E-state index is 0.112. The number of hydrogen-bond acceptors (Lipinski definition) is 5. The molecule has 0 aromatic carbocycles. The van der Waals surface area contributed by atoms with E-state index in [0.717, 1.165) is 12.2 Å². The lowest BCUT2D eigenvalue weighted by molar-refractivity contribution is -0.0795. The van der Waals surface area contributed by atoms with Crippen molar-refractivity contribution in [2.24, 2.45) is 5.41 Å². The maximum atomic E-state index is 5.58. The number of nitrogens with one attached hydrogen (secondary N) is 1. The number of nitrogens with zero attached hydrogens (tertiary/aromatic N) is 2. The number of rotatable bonds is 3. The molecule has 1 fully saturated rings. The third-order valence-corrected chi connectivity index (χ3v) is 3.44. The van der Waals surface area contributed by atoms with E-state index in [9.17, 15) is 0 Å². The van der Waals surface area contributed by atoms with Gasteiger partial charge in [0.2, 0.25) is 0 Å². The summed E-state index contributed by atoms with van der Waals surface area (Å²) >= 11 is 0. The van der Waals surface area contributed by atoms with Crippen LogP contribution in [0.5, 0.6) is 0 Å². The smallest absolute Gasteiger partial charge is 0.147 e. The Bertz CT molecular complexity index is 380. The molecule has 0 radical (unpaired) electrons. The molecule has 0 aliphatic heterocycles. The van der Waals surface area contributed by atoms with E-state index in [1.165, 1.54) is 6.20 Å². The summed E-state index contributed by atoms with van der Waals surface area (Å²) in [6, 6.07) is 0.355. The molecule has 2 atom stereocenters. The number of ether oxygens (including phenoxy) is 1. The van der Waals surface area contributed by atoms with Crippen molar-refractivity contribution in [2.45, 2.75) is 32.4 Å². The van der Waals surface area contributed by atoms with Crippen molar-refractivity contribution in [3.63, 3.8) is 0 Å². The molecule has 5 heteroatoms. The van der Waals surface area contributed by atoms with Crippen LogP contribution in [0.4, 0.5) is 11.6 Å². The zero-order valence-electron chi connectivity index (χ0n) is 9.90. The second kappa shape index (κ2) is 3.90. The van der Waals surface area contributed by atoms with Crippen LogP contribution in [0.2, 0.25) is 0 Å². The molecule has 1 aromatic heterocycles. The minimum absolute atomic E-state index is 0.112. The van der Waals surface area contributed by atoms with Crippen LogP contribution in [0.3, 0.4) is 0 Å².